The van der Waals surface area contributed by atoms with Crippen LogP contribution in [0.2, 0.25) is 0 Å². The Labute approximate surface area is 101 Å². The maximum Gasteiger partial charge on any atom is 0.0686 e. The molecule has 0 amide bonds. The van der Waals surface area contributed by atoms with Crippen molar-refractivity contribution in [3.63, 3.8) is 0 Å². The van der Waals surface area contributed by atoms with Crippen LogP contribution in [0.4, 0.5) is 5.69 Å². The Morgan fingerprint density at radius 2 is 2.06 bits per heavy atom. The molecule has 0 unspecified atom stereocenters. The number of nitrogens with two attached hydrogens (primary N) is 1. The van der Waals surface area contributed by atoms with Gasteiger partial charge in [-0.15, -0.1) is 0 Å². The molecule has 3 N–H and O–H groups in total. The van der Waals surface area contributed by atoms with Crippen LogP contribution < -0.4 is 5.73 Å². The van der Waals surface area contributed by atoms with Gasteiger partial charge in [0, 0.05) is 11.3 Å². The van der Waals surface area contributed by atoms with Crippen LogP contribution in [-0.4, -0.2) is 21.5 Å². The summed E-state index contributed by atoms with van der Waals surface area (Å²) < 4.78 is 1.80. The van der Waals surface area contributed by atoms with E-state index in [-0.39, 0.29) is 6.61 Å². The highest BCUT2D eigenvalue weighted by Crippen LogP contribution is 2.24. The Kier molecular flexibility index (Phi) is 3.15. The van der Waals surface area contributed by atoms with Crippen LogP contribution in [0.1, 0.15) is 11.3 Å². The number of anilines is 1. The smallest absolute Gasteiger partial charge is 0.0686 e. The van der Waals surface area contributed by atoms with Crippen molar-refractivity contribution < 1.29 is 5.11 Å². The van der Waals surface area contributed by atoms with Gasteiger partial charge in [-0.2, -0.15) is 5.10 Å². The number of aliphatic hydroxyl groups is 1. The van der Waals surface area contributed by atoms with Crippen LogP contribution >= 0.6 is 0 Å². The quantitative estimate of drug-likeness (QED) is 0.791. The molecule has 0 radical (unpaired) electrons. The van der Waals surface area contributed by atoms with Gasteiger partial charge in [0.25, 0.3) is 0 Å². The van der Waals surface area contributed by atoms with Gasteiger partial charge in [-0.1, -0.05) is 12.1 Å². The molecule has 0 saturated heterocycles. The average Bonchev–Trinajstić information content (AvgIpc) is 2.64. The summed E-state index contributed by atoms with van der Waals surface area (Å²) in [5.41, 5.74) is 10.7. The lowest BCUT2D eigenvalue weighted by Gasteiger charge is -2.07. The number of aryl methyl sites for hydroxylation is 2. The highest BCUT2D eigenvalue weighted by molar-refractivity contribution is 5.66. The van der Waals surface area contributed by atoms with E-state index in [0.717, 1.165) is 28.2 Å². The van der Waals surface area contributed by atoms with E-state index < -0.39 is 0 Å². The normalized spacial score (nSPS) is 10.8. The summed E-state index contributed by atoms with van der Waals surface area (Å²) in [4.78, 5) is 0. The number of nitrogens with zero attached hydrogens (tertiary/aromatic N) is 2. The molecule has 0 aliphatic heterocycles. The van der Waals surface area contributed by atoms with E-state index in [4.69, 9.17) is 10.8 Å². The van der Waals surface area contributed by atoms with E-state index in [1.54, 1.807) is 4.68 Å². The fourth-order valence-corrected chi connectivity index (χ4v) is 1.84. The standard InChI is InChI=1S/C13H17N3O/c1-9-3-4-11(8-12(9)14)13-7-10(2)15-16(13)5-6-17/h3-4,7-8,17H,5-6,14H2,1-2H3. The Morgan fingerprint density at radius 3 is 2.71 bits per heavy atom. The van der Waals surface area contributed by atoms with E-state index in [9.17, 15) is 0 Å². The van der Waals surface area contributed by atoms with Crippen LogP contribution in [0.15, 0.2) is 24.3 Å². The Balaban J connectivity index is 2.47. The SMILES string of the molecule is Cc1cc(-c2ccc(C)c(N)c2)n(CCO)n1. The number of hydrogen-bond acceptors (Lipinski definition) is 3. The maximum atomic E-state index is 9.01. The number of aliphatic hydroxyl groups excluding tert-OH is 1. The summed E-state index contributed by atoms with van der Waals surface area (Å²) in [6, 6.07) is 7.96. The third kappa shape index (κ3) is 2.31. The number of hydrogen-bond donors (Lipinski definition) is 2. The molecule has 2 rings (SSSR count). The predicted molar refractivity (Wildman–Crippen MR) is 68.6 cm³/mol. The molecule has 0 atom stereocenters. The molecule has 0 aliphatic carbocycles. The van der Waals surface area contributed by atoms with Crippen LogP contribution in [0, 0.1) is 13.8 Å². The van der Waals surface area contributed by atoms with Crippen LogP contribution in [0.5, 0.6) is 0 Å². The molecule has 0 bridgehead atoms. The van der Waals surface area contributed by atoms with E-state index in [1.165, 1.54) is 0 Å². The predicted octanol–water partition coefficient (Wildman–Crippen LogP) is 1.74. The molecule has 17 heavy (non-hydrogen) atoms. The molecule has 1 aromatic heterocycles. The summed E-state index contributed by atoms with van der Waals surface area (Å²) in [5.74, 6) is 0. The molecule has 2 aromatic rings. The molecule has 0 saturated carbocycles. The second-order valence-corrected chi connectivity index (χ2v) is 4.19. The van der Waals surface area contributed by atoms with Gasteiger partial charge in [0.2, 0.25) is 0 Å². The highest BCUT2D eigenvalue weighted by atomic mass is 16.3. The lowest BCUT2D eigenvalue weighted by atomic mass is 10.1. The third-order valence-corrected chi connectivity index (χ3v) is 2.79. The largest absolute Gasteiger partial charge is 0.398 e. The minimum atomic E-state index is 0.0788. The van der Waals surface area contributed by atoms with E-state index in [1.807, 2.05) is 38.1 Å². The molecular formula is C13H17N3O. The van der Waals surface area contributed by atoms with E-state index >= 15 is 0 Å². The number of aromatic nitrogens is 2. The summed E-state index contributed by atoms with van der Waals surface area (Å²) in [5, 5.41) is 13.4. The minimum absolute atomic E-state index is 0.0788. The molecule has 1 heterocycles. The zero-order valence-corrected chi connectivity index (χ0v) is 10.1. The molecule has 0 fully saturated rings. The lowest BCUT2D eigenvalue weighted by Crippen LogP contribution is -2.06. The van der Waals surface area contributed by atoms with Gasteiger partial charge < -0.3 is 10.8 Å². The van der Waals surface area contributed by atoms with E-state index in [0.29, 0.717) is 6.54 Å². The lowest BCUT2D eigenvalue weighted by molar-refractivity contribution is 0.270. The fourth-order valence-electron chi connectivity index (χ4n) is 1.84. The van der Waals surface area contributed by atoms with Gasteiger partial charge in [-0.25, -0.2) is 0 Å². The van der Waals surface area contributed by atoms with Gasteiger partial charge in [0.1, 0.15) is 0 Å². The first kappa shape index (κ1) is 11.7. The number of benzene rings is 1. The summed E-state index contributed by atoms with van der Waals surface area (Å²) in [6.45, 7) is 4.50. The maximum absolute atomic E-state index is 9.01. The van der Waals surface area contributed by atoms with Crippen molar-refractivity contribution in [2.45, 2.75) is 20.4 Å². The zero-order valence-electron chi connectivity index (χ0n) is 10.1. The van der Waals surface area contributed by atoms with Crippen molar-refractivity contribution in [3.05, 3.63) is 35.5 Å². The average molecular weight is 231 g/mol. The summed E-state index contributed by atoms with van der Waals surface area (Å²) in [6.07, 6.45) is 0. The highest BCUT2D eigenvalue weighted by Gasteiger charge is 2.08. The second-order valence-electron chi connectivity index (χ2n) is 4.19. The Morgan fingerprint density at radius 1 is 1.29 bits per heavy atom. The van der Waals surface area contributed by atoms with Crippen molar-refractivity contribution in [2.75, 3.05) is 12.3 Å². The zero-order chi connectivity index (χ0) is 12.4. The topological polar surface area (TPSA) is 64.1 Å². The van der Waals surface area contributed by atoms with Crippen molar-refractivity contribution >= 4 is 5.69 Å². The third-order valence-electron chi connectivity index (χ3n) is 2.79. The van der Waals surface area contributed by atoms with Crippen molar-refractivity contribution in [2.24, 2.45) is 0 Å². The fraction of sp³-hybridized carbons (Fsp3) is 0.308. The van der Waals surface area contributed by atoms with Gasteiger partial charge >= 0.3 is 0 Å². The van der Waals surface area contributed by atoms with Gasteiger partial charge in [-0.3, -0.25) is 4.68 Å². The molecule has 4 nitrogen and oxygen atoms in total. The van der Waals surface area contributed by atoms with Crippen LogP contribution in [0.25, 0.3) is 11.3 Å². The monoisotopic (exact) mass is 231 g/mol. The first-order valence-corrected chi connectivity index (χ1v) is 5.63. The van der Waals surface area contributed by atoms with Gasteiger partial charge in [0.05, 0.1) is 24.5 Å². The van der Waals surface area contributed by atoms with Crippen LogP contribution in [0.3, 0.4) is 0 Å². The van der Waals surface area contributed by atoms with Crippen LogP contribution in [-0.2, 0) is 6.54 Å². The van der Waals surface area contributed by atoms with Crippen molar-refractivity contribution in [3.8, 4) is 11.3 Å². The second kappa shape index (κ2) is 4.59. The number of nitrogen functional groups attached to an aromatic ring is 1. The summed E-state index contributed by atoms with van der Waals surface area (Å²) in [7, 11) is 0. The first-order chi connectivity index (χ1) is 8.11. The molecule has 4 heteroatoms. The Hall–Kier alpha value is -1.81. The summed E-state index contributed by atoms with van der Waals surface area (Å²) >= 11 is 0. The van der Waals surface area contributed by atoms with Gasteiger partial charge in [-0.05, 0) is 31.5 Å². The minimum Gasteiger partial charge on any atom is -0.398 e. The van der Waals surface area contributed by atoms with Crippen molar-refractivity contribution in [1.29, 1.82) is 0 Å². The first-order valence-electron chi connectivity index (χ1n) is 5.63. The Bertz CT molecular complexity index is 531. The number of rotatable bonds is 3. The molecular weight excluding hydrogens is 214 g/mol. The molecule has 90 valence electrons. The molecule has 0 aliphatic rings. The van der Waals surface area contributed by atoms with Crippen molar-refractivity contribution in [1.82, 2.24) is 9.78 Å². The molecule has 1 aromatic carbocycles. The molecule has 0 spiro atoms. The van der Waals surface area contributed by atoms with E-state index in [2.05, 4.69) is 5.10 Å². The van der Waals surface area contributed by atoms with Gasteiger partial charge in [0.15, 0.2) is 0 Å².